The number of methoxy groups -OCH3 is 1. The largest absolute Gasteiger partial charge is 0.497 e. The number of oxazole rings is 1. The Morgan fingerprint density at radius 1 is 1.12 bits per heavy atom. The Labute approximate surface area is 194 Å². The molecule has 4 aromatic rings. The highest BCUT2D eigenvalue weighted by Gasteiger charge is 2.34. The highest BCUT2D eigenvalue weighted by atomic mass is 35.5. The van der Waals surface area contributed by atoms with Gasteiger partial charge in [-0.3, -0.25) is 9.36 Å². The van der Waals surface area contributed by atoms with Crippen molar-refractivity contribution in [3.8, 4) is 5.75 Å². The number of nitrogens with zero attached hydrogens (tertiary/aromatic N) is 3. The fraction of sp³-hybridized carbons (Fsp3) is 0.160. The van der Waals surface area contributed by atoms with Crippen LogP contribution in [0.4, 0.5) is 0 Å². The van der Waals surface area contributed by atoms with E-state index >= 15 is 0 Å². The third-order valence-corrected chi connectivity index (χ3v) is 5.91. The summed E-state index contributed by atoms with van der Waals surface area (Å²) in [6.45, 7) is -0.224. The maximum absolute atomic E-state index is 13.5. The summed E-state index contributed by atoms with van der Waals surface area (Å²) < 4.78 is 11.9. The minimum Gasteiger partial charge on any atom is -0.497 e. The molecular weight excluding hydrogens is 442 g/mol. The molecule has 2 heterocycles. The van der Waals surface area contributed by atoms with E-state index in [2.05, 4.69) is 5.10 Å². The maximum Gasteiger partial charge on any atom is 0.420 e. The molecule has 5 rings (SSSR count). The van der Waals surface area contributed by atoms with E-state index < -0.39 is 5.76 Å². The van der Waals surface area contributed by atoms with Gasteiger partial charge in [0, 0.05) is 11.4 Å². The minimum absolute atomic E-state index is 0.224. The first-order valence-corrected chi connectivity index (χ1v) is 10.8. The van der Waals surface area contributed by atoms with Crippen LogP contribution in [0.1, 0.15) is 23.6 Å². The Bertz CT molecular complexity index is 1420. The smallest absolute Gasteiger partial charge is 0.420 e. The lowest BCUT2D eigenvalue weighted by molar-refractivity contribution is -0.133. The number of aromatic nitrogens is 1. The fourth-order valence-corrected chi connectivity index (χ4v) is 4.21. The van der Waals surface area contributed by atoms with Crippen molar-refractivity contribution in [2.45, 2.75) is 19.0 Å². The molecule has 0 saturated carbocycles. The molecule has 3 aromatic carbocycles. The van der Waals surface area contributed by atoms with E-state index in [0.29, 0.717) is 28.3 Å². The van der Waals surface area contributed by atoms with Crippen LogP contribution in [0.25, 0.3) is 11.1 Å². The van der Waals surface area contributed by atoms with Gasteiger partial charge < -0.3 is 9.15 Å². The van der Waals surface area contributed by atoms with E-state index in [4.69, 9.17) is 20.8 Å². The zero-order valence-corrected chi connectivity index (χ0v) is 18.5. The van der Waals surface area contributed by atoms with Crippen LogP contribution < -0.4 is 10.5 Å². The second-order valence-corrected chi connectivity index (χ2v) is 8.15. The van der Waals surface area contributed by atoms with Crippen LogP contribution in [-0.4, -0.2) is 28.3 Å². The third kappa shape index (κ3) is 4.03. The molecule has 0 fully saturated rings. The summed E-state index contributed by atoms with van der Waals surface area (Å²) in [4.78, 5) is 25.9. The number of hydrazone groups is 1. The Kier molecular flexibility index (Phi) is 5.48. The number of carbonyl (C=O) groups excluding carboxylic acids is 1. The SMILES string of the molecule is COc1cccc(C2CC(c3ccccc3)=NN2C(=O)Cn2c(=O)oc3ccc(Cl)cc32)c1. The van der Waals surface area contributed by atoms with Gasteiger partial charge in [-0.05, 0) is 41.5 Å². The summed E-state index contributed by atoms with van der Waals surface area (Å²) in [6, 6.07) is 21.8. The first-order chi connectivity index (χ1) is 16.0. The van der Waals surface area contributed by atoms with Crippen LogP contribution in [0.2, 0.25) is 5.02 Å². The van der Waals surface area contributed by atoms with Crippen molar-refractivity contribution < 1.29 is 13.9 Å². The standard InChI is InChI=1S/C25H20ClN3O4/c1-32-19-9-5-8-17(12-19)21-14-20(16-6-3-2-4-7-16)27-29(21)24(30)15-28-22-13-18(26)10-11-23(22)33-25(28)31/h2-13,21H,14-15H2,1H3. The van der Waals surface area contributed by atoms with E-state index in [0.717, 1.165) is 16.8 Å². The molecule has 1 aromatic heterocycles. The van der Waals surface area contributed by atoms with E-state index in [9.17, 15) is 9.59 Å². The van der Waals surface area contributed by atoms with E-state index in [-0.39, 0.29) is 18.5 Å². The molecule has 1 aliphatic rings. The Hall–Kier alpha value is -3.84. The number of amides is 1. The van der Waals surface area contributed by atoms with Gasteiger partial charge in [0.2, 0.25) is 0 Å². The Morgan fingerprint density at radius 2 is 1.94 bits per heavy atom. The van der Waals surface area contributed by atoms with Gasteiger partial charge in [-0.25, -0.2) is 9.80 Å². The number of hydrogen-bond donors (Lipinski definition) is 0. The molecule has 1 amide bonds. The predicted octanol–water partition coefficient (Wildman–Crippen LogP) is 4.63. The van der Waals surface area contributed by atoms with E-state index in [1.54, 1.807) is 25.3 Å². The molecule has 1 unspecified atom stereocenters. The zero-order valence-electron chi connectivity index (χ0n) is 17.8. The van der Waals surface area contributed by atoms with Crippen LogP contribution in [0.5, 0.6) is 5.75 Å². The van der Waals surface area contributed by atoms with Crippen molar-refractivity contribution >= 4 is 34.3 Å². The monoisotopic (exact) mass is 461 g/mol. The van der Waals surface area contributed by atoms with Crippen molar-refractivity contribution in [1.29, 1.82) is 0 Å². The summed E-state index contributed by atoms with van der Waals surface area (Å²) in [5, 5.41) is 6.57. The summed E-state index contributed by atoms with van der Waals surface area (Å²) in [5.74, 6) is -0.261. The highest BCUT2D eigenvalue weighted by Crippen LogP contribution is 2.34. The second kappa shape index (κ2) is 8.60. The van der Waals surface area contributed by atoms with Crippen molar-refractivity contribution in [2.24, 2.45) is 5.10 Å². The van der Waals surface area contributed by atoms with Crippen molar-refractivity contribution in [2.75, 3.05) is 7.11 Å². The molecular formula is C25H20ClN3O4. The minimum atomic E-state index is -0.620. The number of halogens is 1. The van der Waals surface area contributed by atoms with Crippen LogP contribution in [0.3, 0.4) is 0 Å². The number of benzene rings is 3. The van der Waals surface area contributed by atoms with Gasteiger partial charge in [-0.15, -0.1) is 0 Å². The number of rotatable bonds is 5. The summed E-state index contributed by atoms with van der Waals surface area (Å²) in [6.07, 6.45) is 0.537. The van der Waals surface area contributed by atoms with Crippen LogP contribution >= 0.6 is 11.6 Å². The van der Waals surface area contributed by atoms with Crippen molar-refractivity contribution in [3.63, 3.8) is 0 Å². The van der Waals surface area contributed by atoms with Gasteiger partial charge in [0.25, 0.3) is 5.91 Å². The van der Waals surface area contributed by atoms with Gasteiger partial charge in [0.05, 0.1) is 24.4 Å². The molecule has 1 atom stereocenters. The molecule has 8 heteroatoms. The topological polar surface area (TPSA) is 77.0 Å². The zero-order chi connectivity index (χ0) is 22.9. The van der Waals surface area contributed by atoms with E-state index in [1.807, 2.05) is 54.6 Å². The third-order valence-electron chi connectivity index (χ3n) is 5.67. The second-order valence-electron chi connectivity index (χ2n) is 7.71. The summed E-state index contributed by atoms with van der Waals surface area (Å²) >= 11 is 6.10. The van der Waals surface area contributed by atoms with Gasteiger partial charge in [-0.1, -0.05) is 54.1 Å². The maximum atomic E-state index is 13.5. The Balaban J connectivity index is 1.53. The number of fused-ring (bicyclic) bond motifs is 1. The molecule has 33 heavy (non-hydrogen) atoms. The van der Waals surface area contributed by atoms with Gasteiger partial charge in [-0.2, -0.15) is 5.10 Å². The molecule has 0 saturated heterocycles. The van der Waals surface area contributed by atoms with Crippen molar-refractivity contribution in [3.05, 3.63) is 99.5 Å². The molecule has 0 radical (unpaired) electrons. The predicted molar refractivity (Wildman–Crippen MR) is 126 cm³/mol. The van der Waals surface area contributed by atoms with Crippen molar-refractivity contribution in [1.82, 2.24) is 9.58 Å². The number of carbonyl (C=O) groups is 1. The van der Waals surface area contributed by atoms with Gasteiger partial charge >= 0.3 is 5.76 Å². The molecule has 1 aliphatic heterocycles. The average Bonchev–Trinajstić information content (AvgIpc) is 3.42. The number of hydrogen-bond acceptors (Lipinski definition) is 5. The lowest BCUT2D eigenvalue weighted by Gasteiger charge is -2.22. The van der Waals surface area contributed by atoms with Gasteiger partial charge in [0.1, 0.15) is 12.3 Å². The lowest BCUT2D eigenvalue weighted by atomic mass is 9.98. The van der Waals surface area contributed by atoms with Crippen LogP contribution in [0.15, 0.2) is 87.1 Å². The molecule has 0 N–H and O–H groups in total. The lowest BCUT2D eigenvalue weighted by Crippen LogP contribution is -2.32. The molecule has 0 bridgehead atoms. The summed E-state index contributed by atoms with van der Waals surface area (Å²) in [5.41, 5.74) is 3.47. The molecule has 166 valence electrons. The highest BCUT2D eigenvalue weighted by molar-refractivity contribution is 6.31. The van der Waals surface area contributed by atoms with Crippen LogP contribution in [0, 0.1) is 0 Å². The van der Waals surface area contributed by atoms with Gasteiger partial charge in [0.15, 0.2) is 5.58 Å². The quantitative estimate of drug-likeness (QED) is 0.434. The Morgan fingerprint density at radius 3 is 2.73 bits per heavy atom. The fourth-order valence-electron chi connectivity index (χ4n) is 4.05. The first-order valence-electron chi connectivity index (χ1n) is 10.4. The molecule has 0 aliphatic carbocycles. The first kappa shape index (κ1) is 21.0. The van der Waals surface area contributed by atoms with Crippen LogP contribution in [-0.2, 0) is 11.3 Å². The molecule has 7 nitrogen and oxygen atoms in total. The normalized spacial score (nSPS) is 15.6. The average molecular weight is 462 g/mol. The van der Waals surface area contributed by atoms with E-state index in [1.165, 1.54) is 9.58 Å². The molecule has 0 spiro atoms. The number of ether oxygens (including phenoxy) is 1. The summed E-state index contributed by atoms with van der Waals surface area (Å²) in [7, 11) is 1.60.